The summed E-state index contributed by atoms with van der Waals surface area (Å²) < 4.78 is 5.70. The number of benzene rings is 1. The van der Waals surface area contributed by atoms with Crippen LogP contribution in [0, 0.1) is 0 Å². The van der Waals surface area contributed by atoms with Gasteiger partial charge < -0.3 is 10.1 Å². The Morgan fingerprint density at radius 2 is 1.94 bits per heavy atom. The molecule has 0 radical (unpaired) electrons. The molecule has 1 saturated carbocycles. The molecule has 1 aliphatic rings. The number of ether oxygens (including phenoxy) is 1. The maximum absolute atomic E-state index is 5.70. The topological polar surface area (TPSA) is 21.3 Å². The van der Waals surface area contributed by atoms with Gasteiger partial charge in [-0.25, -0.2) is 0 Å². The van der Waals surface area contributed by atoms with E-state index in [2.05, 4.69) is 43.4 Å². The van der Waals surface area contributed by atoms with Gasteiger partial charge in [0.2, 0.25) is 0 Å². The maximum atomic E-state index is 5.70. The lowest BCUT2D eigenvalue weighted by atomic mass is 10.0. The molecule has 0 spiro atoms. The van der Waals surface area contributed by atoms with Gasteiger partial charge in [0, 0.05) is 6.04 Å². The second kappa shape index (κ2) is 6.06. The third-order valence-corrected chi connectivity index (χ3v) is 3.15. The lowest BCUT2D eigenvalue weighted by Crippen LogP contribution is -2.19. The van der Waals surface area contributed by atoms with Gasteiger partial charge in [0.1, 0.15) is 5.75 Å². The summed E-state index contributed by atoms with van der Waals surface area (Å²) in [6.45, 7) is 6.30. The van der Waals surface area contributed by atoms with Crippen LogP contribution in [0.3, 0.4) is 0 Å². The monoisotopic (exact) mass is 233 g/mol. The van der Waals surface area contributed by atoms with Gasteiger partial charge in [-0.05, 0) is 49.4 Å². The summed E-state index contributed by atoms with van der Waals surface area (Å²) in [5.41, 5.74) is 1.37. The molecular formula is C15H23NO. The highest BCUT2D eigenvalue weighted by Gasteiger charge is 2.19. The van der Waals surface area contributed by atoms with Crippen molar-refractivity contribution >= 4 is 0 Å². The van der Waals surface area contributed by atoms with E-state index in [-0.39, 0.29) is 0 Å². The van der Waals surface area contributed by atoms with Gasteiger partial charge in [-0.2, -0.15) is 0 Å². The molecule has 0 aromatic heterocycles. The Bertz CT molecular complexity index is 327. The summed E-state index contributed by atoms with van der Waals surface area (Å²) in [7, 11) is 0. The molecule has 2 heteroatoms. The van der Waals surface area contributed by atoms with Crippen molar-refractivity contribution in [1.82, 2.24) is 5.32 Å². The first kappa shape index (κ1) is 12.4. The number of nitrogens with one attached hydrogen (secondary N) is 1. The Morgan fingerprint density at radius 3 is 2.53 bits per heavy atom. The molecule has 0 bridgehead atoms. The van der Waals surface area contributed by atoms with Crippen molar-refractivity contribution in [2.45, 2.75) is 45.1 Å². The van der Waals surface area contributed by atoms with E-state index in [4.69, 9.17) is 4.74 Å². The van der Waals surface area contributed by atoms with Crippen LogP contribution in [0.4, 0.5) is 0 Å². The fourth-order valence-corrected chi connectivity index (χ4v) is 1.80. The van der Waals surface area contributed by atoms with Crippen molar-refractivity contribution in [3.05, 3.63) is 29.8 Å². The van der Waals surface area contributed by atoms with Crippen molar-refractivity contribution in [2.75, 3.05) is 13.2 Å². The van der Waals surface area contributed by atoms with Gasteiger partial charge >= 0.3 is 0 Å². The first-order chi connectivity index (χ1) is 8.25. The lowest BCUT2D eigenvalue weighted by molar-refractivity contribution is 0.308. The molecule has 1 N–H and O–H groups in total. The number of hydrogen-bond acceptors (Lipinski definition) is 2. The van der Waals surface area contributed by atoms with Gasteiger partial charge in [-0.1, -0.05) is 26.0 Å². The molecule has 2 nitrogen and oxygen atoms in total. The highest BCUT2D eigenvalue weighted by atomic mass is 16.5. The number of hydrogen-bond donors (Lipinski definition) is 1. The van der Waals surface area contributed by atoms with Crippen molar-refractivity contribution < 1.29 is 4.74 Å². The molecule has 0 saturated heterocycles. The fourth-order valence-electron chi connectivity index (χ4n) is 1.80. The Morgan fingerprint density at radius 1 is 1.24 bits per heavy atom. The predicted octanol–water partition coefficient (Wildman–Crippen LogP) is 3.33. The van der Waals surface area contributed by atoms with E-state index < -0.39 is 0 Å². The molecule has 0 unspecified atom stereocenters. The number of rotatable bonds is 7. The lowest BCUT2D eigenvalue weighted by Gasteiger charge is -2.09. The van der Waals surface area contributed by atoms with E-state index in [1.807, 2.05) is 0 Å². The van der Waals surface area contributed by atoms with Crippen molar-refractivity contribution in [1.29, 1.82) is 0 Å². The molecule has 0 heterocycles. The van der Waals surface area contributed by atoms with Crippen LogP contribution >= 0.6 is 0 Å². The average Bonchev–Trinajstić information content (AvgIpc) is 3.13. The zero-order chi connectivity index (χ0) is 12.1. The summed E-state index contributed by atoms with van der Waals surface area (Å²) in [6.07, 6.45) is 3.80. The third-order valence-electron chi connectivity index (χ3n) is 3.15. The molecule has 2 rings (SSSR count). The van der Waals surface area contributed by atoms with E-state index in [0.29, 0.717) is 5.92 Å². The van der Waals surface area contributed by atoms with Gasteiger partial charge in [0.05, 0.1) is 6.61 Å². The molecule has 17 heavy (non-hydrogen) atoms. The van der Waals surface area contributed by atoms with Crippen molar-refractivity contribution in [2.24, 2.45) is 0 Å². The van der Waals surface area contributed by atoms with E-state index in [9.17, 15) is 0 Å². The Labute approximate surface area is 104 Å². The standard InChI is InChI=1S/C15H23NO/c1-12(2)13-4-8-15(9-5-13)17-11-3-10-16-14-6-7-14/h4-5,8-9,12,14,16H,3,6-7,10-11H2,1-2H3. The first-order valence-electron chi connectivity index (χ1n) is 6.72. The smallest absolute Gasteiger partial charge is 0.119 e. The van der Waals surface area contributed by atoms with Crippen molar-refractivity contribution in [3.63, 3.8) is 0 Å². The van der Waals surface area contributed by atoms with Gasteiger partial charge in [-0.15, -0.1) is 0 Å². The van der Waals surface area contributed by atoms with Gasteiger partial charge in [0.25, 0.3) is 0 Å². The molecule has 1 aromatic rings. The summed E-state index contributed by atoms with van der Waals surface area (Å²) >= 11 is 0. The second-order valence-electron chi connectivity index (χ2n) is 5.15. The summed E-state index contributed by atoms with van der Waals surface area (Å²) in [4.78, 5) is 0. The van der Waals surface area contributed by atoms with Crippen LogP contribution in [0.5, 0.6) is 5.75 Å². The van der Waals surface area contributed by atoms with Crippen LogP contribution < -0.4 is 10.1 Å². The molecule has 94 valence electrons. The van der Waals surface area contributed by atoms with Crippen LogP contribution in [0.2, 0.25) is 0 Å². The zero-order valence-electron chi connectivity index (χ0n) is 10.9. The molecule has 0 aliphatic heterocycles. The summed E-state index contributed by atoms with van der Waals surface area (Å²) in [5, 5.41) is 3.49. The average molecular weight is 233 g/mol. The maximum Gasteiger partial charge on any atom is 0.119 e. The summed E-state index contributed by atoms with van der Waals surface area (Å²) in [6, 6.07) is 9.26. The largest absolute Gasteiger partial charge is 0.494 e. The fraction of sp³-hybridized carbons (Fsp3) is 0.600. The minimum atomic E-state index is 0.590. The molecule has 0 atom stereocenters. The summed E-state index contributed by atoms with van der Waals surface area (Å²) in [5.74, 6) is 1.58. The van der Waals surface area contributed by atoms with Crippen LogP contribution in [0.25, 0.3) is 0 Å². The normalized spacial score (nSPS) is 15.2. The second-order valence-corrected chi connectivity index (χ2v) is 5.15. The van der Waals surface area contributed by atoms with E-state index in [1.165, 1.54) is 18.4 Å². The predicted molar refractivity (Wildman–Crippen MR) is 71.7 cm³/mol. The molecule has 1 fully saturated rings. The highest BCUT2D eigenvalue weighted by Crippen LogP contribution is 2.19. The van der Waals surface area contributed by atoms with Crippen LogP contribution in [0.1, 0.15) is 44.6 Å². The Balaban J connectivity index is 1.63. The van der Waals surface area contributed by atoms with E-state index in [1.54, 1.807) is 0 Å². The quantitative estimate of drug-likeness (QED) is 0.729. The SMILES string of the molecule is CC(C)c1ccc(OCCCNC2CC2)cc1. The zero-order valence-corrected chi connectivity index (χ0v) is 10.9. The Hall–Kier alpha value is -1.02. The van der Waals surface area contributed by atoms with E-state index >= 15 is 0 Å². The highest BCUT2D eigenvalue weighted by molar-refractivity contribution is 5.28. The van der Waals surface area contributed by atoms with Gasteiger partial charge in [-0.3, -0.25) is 0 Å². The minimum absolute atomic E-state index is 0.590. The van der Waals surface area contributed by atoms with E-state index in [0.717, 1.165) is 31.4 Å². The minimum Gasteiger partial charge on any atom is -0.494 e. The first-order valence-corrected chi connectivity index (χ1v) is 6.72. The molecule has 0 amide bonds. The third kappa shape index (κ3) is 4.39. The van der Waals surface area contributed by atoms with Crippen LogP contribution in [-0.2, 0) is 0 Å². The molecule has 1 aliphatic carbocycles. The molecular weight excluding hydrogens is 210 g/mol. The molecule has 1 aromatic carbocycles. The van der Waals surface area contributed by atoms with Crippen LogP contribution in [-0.4, -0.2) is 19.2 Å². The Kier molecular flexibility index (Phi) is 4.43. The van der Waals surface area contributed by atoms with Crippen LogP contribution in [0.15, 0.2) is 24.3 Å². The van der Waals surface area contributed by atoms with Gasteiger partial charge in [0.15, 0.2) is 0 Å². The van der Waals surface area contributed by atoms with Crippen molar-refractivity contribution in [3.8, 4) is 5.75 Å².